The monoisotopic (exact) mass is 183 g/mol. The number of hydrogen-bond acceptors (Lipinski definition) is 2. The Balaban J connectivity index is 1.93. The first-order chi connectivity index (χ1) is 6.18. The summed E-state index contributed by atoms with van der Waals surface area (Å²) in [7, 11) is 0. The van der Waals surface area contributed by atoms with Gasteiger partial charge in [-0.3, -0.25) is 9.59 Å². The number of rotatable bonds is 3. The number of carbonyl (C=O) groups excluding carboxylic acids is 1. The molecule has 72 valence electrons. The van der Waals surface area contributed by atoms with E-state index in [4.69, 9.17) is 5.11 Å². The van der Waals surface area contributed by atoms with Gasteiger partial charge in [-0.15, -0.1) is 0 Å². The van der Waals surface area contributed by atoms with Gasteiger partial charge in [0.05, 0.1) is 12.3 Å². The van der Waals surface area contributed by atoms with E-state index in [1.807, 2.05) is 4.90 Å². The third-order valence-corrected chi connectivity index (χ3v) is 2.76. The van der Waals surface area contributed by atoms with Crippen molar-refractivity contribution in [1.82, 2.24) is 4.90 Å². The van der Waals surface area contributed by atoms with Crippen LogP contribution in [0.4, 0.5) is 0 Å². The summed E-state index contributed by atoms with van der Waals surface area (Å²) in [5.41, 5.74) is 0. The molecule has 1 heterocycles. The van der Waals surface area contributed by atoms with Crippen LogP contribution in [0.1, 0.15) is 25.7 Å². The Morgan fingerprint density at radius 2 is 2.15 bits per heavy atom. The molecule has 0 spiro atoms. The quantitative estimate of drug-likeness (QED) is 0.692. The first kappa shape index (κ1) is 8.53. The minimum Gasteiger partial charge on any atom is -0.481 e. The smallest absolute Gasteiger partial charge is 0.304 e. The Morgan fingerprint density at radius 1 is 1.46 bits per heavy atom. The van der Waals surface area contributed by atoms with Crippen LogP contribution in [0.5, 0.6) is 0 Å². The largest absolute Gasteiger partial charge is 0.481 e. The fourth-order valence-electron chi connectivity index (χ4n) is 1.91. The summed E-state index contributed by atoms with van der Waals surface area (Å²) in [4.78, 5) is 23.9. The van der Waals surface area contributed by atoms with Crippen LogP contribution >= 0.6 is 0 Å². The molecule has 1 aliphatic carbocycles. The zero-order valence-corrected chi connectivity index (χ0v) is 7.40. The van der Waals surface area contributed by atoms with Gasteiger partial charge in [0.2, 0.25) is 5.91 Å². The van der Waals surface area contributed by atoms with Gasteiger partial charge in [-0.1, -0.05) is 0 Å². The third-order valence-electron chi connectivity index (χ3n) is 2.76. The maximum atomic E-state index is 11.6. The highest BCUT2D eigenvalue weighted by molar-refractivity contribution is 5.85. The lowest BCUT2D eigenvalue weighted by Crippen LogP contribution is -2.30. The number of carboxylic acids is 1. The van der Waals surface area contributed by atoms with Crippen molar-refractivity contribution in [3.63, 3.8) is 0 Å². The van der Waals surface area contributed by atoms with E-state index in [1.165, 1.54) is 0 Å². The second-order valence-corrected chi connectivity index (χ2v) is 3.85. The average molecular weight is 183 g/mol. The second kappa shape index (κ2) is 3.01. The fourth-order valence-corrected chi connectivity index (χ4v) is 1.91. The van der Waals surface area contributed by atoms with E-state index >= 15 is 0 Å². The minimum absolute atomic E-state index is 0.00204. The molecule has 1 saturated heterocycles. The molecular formula is C9H13NO3. The third kappa shape index (κ3) is 1.66. The van der Waals surface area contributed by atoms with E-state index in [0.29, 0.717) is 6.04 Å². The summed E-state index contributed by atoms with van der Waals surface area (Å²) in [5.74, 6) is -1.06. The number of amides is 1. The SMILES string of the molecule is O=C(O)CC1CCN(C2CC2)C1=O. The predicted octanol–water partition coefficient (Wildman–Crippen LogP) is 0.472. The predicted molar refractivity (Wildman–Crippen MR) is 45.1 cm³/mol. The number of hydrogen-bond donors (Lipinski definition) is 1. The molecule has 4 nitrogen and oxygen atoms in total. The Morgan fingerprint density at radius 3 is 2.69 bits per heavy atom. The lowest BCUT2D eigenvalue weighted by Gasteiger charge is -2.14. The Kier molecular flexibility index (Phi) is 1.98. The molecule has 0 bridgehead atoms. The number of likely N-dealkylation sites (tertiary alicyclic amines) is 1. The zero-order chi connectivity index (χ0) is 9.42. The minimum atomic E-state index is -0.865. The summed E-state index contributed by atoms with van der Waals surface area (Å²) in [5, 5.41) is 8.56. The molecule has 1 unspecified atom stereocenters. The van der Waals surface area contributed by atoms with Gasteiger partial charge in [0.25, 0.3) is 0 Å². The van der Waals surface area contributed by atoms with Gasteiger partial charge >= 0.3 is 5.97 Å². The van der Waals surface area contributed by atoms with Crippen LogP contribution in [0, 0.1) is 5.92 Å². The van der Waals surface area contributed by atoms with Crippen LogP contribution in [-0.2, 0) is 9.59 Å². The fraction of sp³-hybridized carbons (Fsp3) is 0.778. The summed E-state index contributed by atoms with van der Waals surface area (Å²) in [6, 6.07) is 0.436. The molecule has 1 amide bonds. The molecule has 2 fully saturated rings. The molecular weight excluding hydrogens is 170 g/mol. The highest BCUT2D eigenvalue weighted by atomic mass is 16.4. The van der Waals surface area contributed by atoms with Crippen molar-refractivity contribution in [3.05, 3.63) is 0 Å². The Labute approximate surface area is 76.5 Å². The van der Waals surface area contributed by atoms with Crippen LogP contribution in [0.25, 0.3) is 0 Å². The molecule has 0 radical (unpaired) electrons. The van der Waals surface area contributed by atoms with Crippen molar-refractivity contribution < 1.29 is 14.7 Å². The lowest BCUT2D eigenvalue weighted by molar-refractivity contribution is -0.142. The molecule has 1 atom stereocenters. The summed E-state index contributed by atoms with van der Waals surface area (Å²) < 4.78 is 0. The molecule has 1 N–H and O–H groups in total. The van der Waals surface area contributed by atoms with E-state index in [-0.39, 0.29) is 18.2 Å². The zero-order valence-electron chi connectivity index (χ0n) is 7.40. The molecule has 1 aliphatic heterocycles. The molecule has 0 aromatic carbocycles. The molecule has 13 heavy (non-hydrogen) atoms. The van der Waals surface area contributed by atoms with Crippen LogP contribution in [0.2, 0.25) is 0 Å². The first-order valence-corrected chi connectivity index (χ1v) is 4.71. The Hall–Kier alpha value is -1.06. The number of aliphatic carboxylic acids is 1. The van der Waals surface area contributed by atoms with Gasteiger partial charge in [-0.2, -0.15) is 0 Å². The van der Waals surface area contributed by atoms with E-state index in [2.05, 4.69) is 0 Å². The highest BCUT2D eigenvalue weighted by Gasteiger charge is 2.40. The van der Waals surface area contributed by atoms with E-state index in [9.17, 15) is 9.59 Å². The van der Waals surface area contributed by atoms with Crippen molar-refractivity contribution in [2.24, 2.45) is 5.92 Å². The van der Waals surface area contributed by atoms with Crippen molar-refractivity contribution in [1.29, 1.82) is 0 Å². The average Bonchev–Trinajstić information content (AvgIpc) is 2.81. The molecule has 2 rings (SSSR count). The van der Waals surface area contributed by atoms with Crippen molar-refractivity contribution in [3.8, 4) is 0 Å². The number of nitrogens with zero attached hydrogens (tertiary/aromatic N) is 1. The van der Waals surface area contributed by atoms with Crippen LogP contribution in [0.15, 0.2) is 0 Å². The van der Waals surface area contributed by atoms with Gasteiger partial charge in [-0.05, 0) is 19.3 Å². The Bertz CT molecular complexity index is 247. The van der Waals surface area contributed by atoms with Crippen molar-refractivity contribution in [2.75, 3.05) is 6.54 Å². The van der Waals surface area contributed by atoms with E-state index in [0.717, 1.165) is 25.8 Å². The highest BCUT2D eigenvalue weighted by Crippen LogP contribution is 2.33. The lowest BCUT2D eigenvalue weighted by atomic mass is 10.0. The van der Waals surface area contributed by atoms with Crippen LogP contribution in [0.3, 0.4) is 0 Å². The van der Waals surface area contributed by atoms with E-state index in [1.54, 1.807) is 0 Å². The maximum absolute atomic E-state index is 11.6. The molecule has 1 saturated carbocycles. The van der Waals surface area contributed by atoms with Gasteiger partial charge in [0.1, 0.15) is 0 Å². The van der Waals surface area contributed by atoms with Gasteiger partial charge < -0.3 is 10.0 Å². The normalized spacial score (nSPS) is 28.2. The summed E-state index contributed by atoms with van der Waals surface area (Å²) in [6.45, 7) is 0.765. The molecule has 2 aliphatic rings. The summed E-state index contributed by atoms with van der Waals surface area (Å²) in [6.07, 6.45) is 2.93. The van der Waals surface area contributed by atoms with Gasteiger partial charge in [0, 0.05) is 12.6 Å². The van der Waals surface area contributed by atoms with Crippen LogP contribution in [-0.4, -0.2) is 34.5 Å². The van der Waals surface area contributed by atoms with Crippen molar-refractivity contribution >= 4 is 11.9 Å². The maximum Gasteiger partial charge on any atom is 0.304 e. The summed E-state index contributed by atoms with van der Waals surface area (Å²) >= 11 is 0. The standard InChI is InChI=1S/C9H13NO3/c11-8(12)5-6-3-4-10(9(6)13)7-1-2-7/h6-7H,1-5H2,(H,11,12). The molecule has 0 aromatic rings. The molecule has 4 heteroatoms. The van der Waals surface area contributed by atoms with Crippen LogP contribution < -0.4 is 0 Å². The second-order valence-electron chi connectivity index (χ2n) is 3.85. The van der Waals surface area contributed by atoms with Gasteiger partial charge in [-0.25, -0.2) is 0 Å². The number of carbonyl (C=O) groups is 2. The topological polar surface area (TPSA) is 57.6 Å². The molecule has 0 aromatic heterocycles. The van der Waals surface area contributed by atoms with E-state index < -0.39 is 5.97 Å². The van der Waals surface area contributed by atoms with Crippen molar-refractivity contribution in [2.45, 2.75) is 31.7 Å². The number of carboxylic acid groups (broad SMARTS) is 1. The van der Waals surface area contributed by atoms with Gasteiger partial charge in [0.15, 0.2) is 0 Å². The first-order valence-electron chi connectivity index (χ1n) is 4.71.